The summed E-state index contributed by atoms with van der Waals surface area (Å²) in [4.78, 5) is 10.9. The van der Waals surface area contributed by atoms with Crippen LogP contribution < -0.4 is 0 Å². The van der Waals surface area contributed by atoms with Crippen molar-refractivity contribution in [2.45, 2.75) is 18.7 Å². The maximum atomic E-state index is 12.4. The zero-order chi connectivity index (χ0) is 10.8. The molecule has 0 bridgehead atoms. The maximum absolute atomic E-state index is 12.4. The molecule has 1 saturated heterocycles. The molecule has 2 unspecified atom stereocenters. The van der Waals surface area contributed by atoms with Gasteiger partial charge in [-0.25, -0.2) is 0 Å². The highest BCUT2D eigenvalue weighted by Gasteiger charge is 2.53. The smallest absolute Gasteiger partial charge is 0.405 e. The largest absolute Gasteiger partial charge is 0.497 e. The normalized spacial score (nSPS) is 28.1. The molecule has 0 saturated carbocycles. The summed E-state index contributed by atoms with van der Waals surface area (Å²) >= 11 is 0. The standard InChI is InChI=1S/C8H9F3O3/c1-2-13-5-3-4-14-7(12)6(5)8(9,10)11/h2,5-6H,1,3-4H2. The first-order chi connectivity index (χ1) is 6.46. The maximum Gasteiger partial charge on any atom is 0.405 e. The number of esters is 1. The summed E-state index contributed by atoms with van der Waals surface area (Å²) in [6.45, 7) is 3.10. The van der Waals surface area contributed by atoms with E-state index in [1.54, 1.807) is 0 Å². The van der Waals surface area contributed by atoms with Crippen LogP contribution in [0.2, 0.25) is 0 Å². The van der Waals surface area contributed by atoms with Crippen molar-refractivity contribution in [2.75, 3.05) is 6.61 Å². The lowest BCUT2D eigenvalue weighted by Gasteiger charge is -2.30. The van der Waals surface area contributed by atoms with Gasteiger partial charge in [-0.15, -0.1) is 0 Å². The molecule has 1 rings (SSSR count). The highest BCUT2D eigenvalue weighted by atomic mass is 19.4. The Morgan fingerprint density at radius 1 is 1.57 bits per heavy atom. The van der Waals surface area contributed by atoms with Gasteiger partial charge in [0.2, 0.25) is 0 Å². The van der Waals surface area contributed by atoms with Crippen LogP contribution in [0.3, 0.4) is 0 Å². The Balaban J connectivity index is 2.81. The van der Waals surface area contributed by atoms with E-state index in [0.29, 0.717) is 0 Å². The van der Waals surface area contributed by atoms with Crippen molar-refractivity contribution in [1.29, 1.82) is 0 Å². The van der Waals surface area contributed by atoms with Crippen LogP contribution in [0.25, 0.3) is 0 Å². The summed E-state index contributed by atoms with van der Waals surface area (Å²) in [6, 6.07) is 0. The zero-order valence-corrected chi connectivity index (χ0v) is 7.21. The van der Waals surface area contributed by atoms with Gasteiger partial charge in [-0.05, 0) is 0 Å². The molecule has 0 radical (unpaired) electrons. The number of carbonyl (C=O) groups is 1. The molecule has 0 spiro atoms. The molecule has 0 aromatic heterocycles. The second-order valence-corrected chi connectivity index (χ2v) is 2.82. The van der Waals surface area contributed by atoms with Crippen molar-refractivity contribution >= 4 is 5.97 Å². The van der Waals surface area contributed by atoms with Crippen LogP contribution in [0, 0.1) is 5.92 Å². The monoisotopic (exact) mass is 210 g/mol. The van der Waals surface area contributed by atoms with Gasteiger partial charge in [0, 0.05) is 6.42 Å². The number of rotatable bonds is 2. The zero-order valence-electron chi connectivity index (χ0n) is 7.21. The quantitative estimate of drug-likeness (QED) is 0.513. The predicted molar refractivity (Wildman–Crippen MR) is 40.2 cm³/mol. The Morgan fingerprint density at radius 3 is 2.71 bits per heavy atom. The lowest BCUT2D eigenvalue weighted by molar-refractivity contribution is -0.225. The fraction of sp³-hybridized carbons (Fsp3) is 0.625. The minimum atomic E-state index is -4.63. The van der Waals surface area contributed by atoms with Crippen molar-refractivity contribution in [3.8, 4) is 0 Å². The van der Waals surface area contributed by atoms with Crippen LogP contribution in [0.4, 0.5) is 13.2 Å². The molecule has 0 aromatic carbocycles. The molecule has 1 aliphatic heterocycles. The SMILES string of the molecule is C=COC1CCOC(=O)C1C(F)(F)F. The van der Waals surface area contributed by atoms with Crippen molar-refractivity contribution in [3.63, 3.8) is 0 Å². The molecule has 0 aliphatic carbocycles. The highest BCUT2D eigenvalue weighted by molar-refractivity contribution is 5.74. The average Bonchev–Trinajstić information content (AvgIpc) is 2.02. The van der Waals surface area contributed by atoms with Gasteiger partial charge in [-0.1, -0.05) is 6.58 Å². The van der Waals surface area contributed by atoms with E-state index in [1.807, 2.05) is 0 Å². The highest BCUT2D eigenvalue weighted by Crippen LogP contribution is 2.34. The fourth-order valence-electron chi connectivity index (χ4n) is 1.30. The second kappa shape index (κ2) is 3.89. The second-order valence-electron chi connectivity index (χ2n) is 2.82. The Kier molecular flexibility index (Phi) is 3.03. The summed E-state index contributed by atoms with van der Waals surface area (Å²) < 4.78 is 46.0. The third-order valence-electron chi connectivity index (χ3n) is 1.90. The molecule has 2 atom stereocenters. The van der Waals surface area contributed by atoms with Gasteiger partial charge in [0.1, 0.15) is 6.10 Å². The van der Waals surface area contributed by atoms with Crippen molar-refractivity contribution < 1.29 is 27.4 Å². The van der Waals surface area contributed by atoms with Gasteiger partial charge in [-0.3, -0.25) is 4.79 Å². The van der Waals surface area contributed by atoms with Gasteiger partial charge in [0.05, 0.1) is 12.9 Å². The Bertz CT molecular complexity index is 236. The molecule has 1 fully saturated rings. The Labute approximate surface area is 78.5 Å². The third-order valence-corrected chi connectivity index (χ3v) is 1.90. The summed E-state index contributed by atoms with van der Waals surface area (Å²) in [5.41, 5.74) is 0. The molecule has 1 aliphatic rings. The van der Waals surface area contributed by atoms with Crippen LogP contribution in [0.15, 0.2) is 12.8 Å². The number of cyclic esters (lactones) is 1. The van der Waals surface area contributed by atoms with E-state index in [9.17, 15) is 18.0 Å². The van der Waals surface area contributed by atoms with Crippen LogP contribution in [0.1, 0.15) is 6.42 Å². The van der Waals surface area contributed by atoms with Crippen molar-refractivity contribution in [3.05, 3.63) is 12.8 Å². The molecule has 0 N–H and O–H groups in total. The lowest BCUT2D eigenvalue weighted by atomic mass is 9.97. The molecule has 14 heavy (non-hydrogen) atoms. The molecular weight excluding hydrogens is 201 g/mol. The van der Waals surface area contributed by atoms with Crippen molar-refractivity contribution in [2.24, 2.45) is 5.92 Å². The summed E-state index contributed by atoms with van der Waals surface area (Å²) in [7, 11) is 0. The Hall–Kier alpha value is -1.20. The third kappa shape index (κ3) is 2.18. The first-order valence-electron chi connectivity index (χ1n) is 3.96. The van der Waals surface area contributed by atoms with Gasteiger partial charge >= 0.3 is 12.1 Å². The van der Waals surface area contributed by atoms with E-state index in [0.717, 1.165) is 6.26 Å². The number of alkyl halides is 3. The first kappa shape index (κ1) is 10.9. The molecule has 1 heterocycles. The van der Waals surface area contributed by atoms with Crippen LogP contribution in [-0.4, -0.2) is 24.9 Å². The van der Waals surface area contributed by atoms with Crippen LogP contribution in [0.5, 0.6) is 0 Å². The molecule has 6 heteroatoms. The van der Waals surface area contributed by atoms with Crippen LogP contribution >= 0.6 is 0 Å². The van der Waals surface area contributed by atoms with Gasteiger partial charge in [0.25, 0.3) is 0 Å². The van der Waals surface area contributed by atoms with E-state index in [4.69, 9.17) is 0 Å². The molecule has 0 amide bonds. The number of ether oxygens (including phenoxy) is 2. The van der Waals surface area contributed by atoms with Gasteiger partial charge in [0.15, 0.2) is 5.92 Å². The van der Waals surface area contributed by atoms with Gasteiger partial charge in [-0.2, -0.15) is 13.2 Å². The van der Waals surface area contributed by atoms with E-state index in [2.05, 4.69) is 16.1 Å². The number of hydrogen-bond donors (Lipinski definition) is 0. The van der Waals surface area contributed by atoms with E-state index in [-0.39, 0.29) is 13.0 Å². The van der Waals surface area contributed by atoms with E-state index < -0.39 is 24.2 Å². The van der Waals surface area contributed by atoms with Crippen molar-refractivity contribution in [1.82, 2.24) is 0 Å². The summed E-state index contributed by atoms with van der Waals surface area (Å²) in [6.07, 6.45) is -4.91. The summed E-state index contributed by atoms with van der Waals surface area (Å²) in [5, 5.41) is 0. The minimum Gasteiger partial charge on any atom is -0.497 e. The number of hydrogen-bond acceptors (Lipinski definition) is 3. The average molecular weight is 210 g/mol. The topological polar surface area (TPSA) is 35.5 Å². The van der Waals surface area contributed by atoms with E-state index >= 15 is 0 Å². The van der Waals surface area contributed by atoms with Gasteiger partial charge < -0.3 is 9.47 Å². The lowest BCUT2D eigenvalue weighted by Crippen LogP contribution is -2.46. The summed E-state index contributed by atoms with van der Waals surface area (Å²) in [5.74, 6) is -3.48. The molecule has 0 aromatic rings. The Morgan fingerprint density at radius 2 is 2.21 bits per heavy atom. The molecular formula is C8H9F3O3. The first-order valence-corrected chi connectivity index (χ1v) is 3.96. The van der Waals surface area contributed by atoms with E-state index in [1.165, 1.54) is 0 Å². The number of halogens is 3. The molecule has 80 valence electrons. The van der Waals surface area contributed by atoms with Crippen LogP contribution in [-0.2, 0) is 14.3 Å². The predicted octanol–water partition coefficient (Wildman–Crippen LogP) is 1.64. The number of carbonyl (C=O) groups excluding carboxylic acids is 1. The molecule has 3 nitrogen and oxygen atoms in total. The fourth-order valence-corrected chi connectivity index (χ4v) is 1.30. The minimum absolute atomic E-state index is 0.0297.